The normalized spacial score (nSPS) is 26.2. The minimum Gasteiger partial charge on any atom is -0.507 e. The van der Waals surface area contributed by atoms with Crippen LogP contribution in [0.4, 0.5) is 5.69 Å². The average Bonchev–Trinajstić information content (AvgIpc) is 3.20. The average molecular weight is 588 g/mol. The molecule has 1 heterocycles. The lowest BCUT2D eigenvalue weighted by molar-refractivity contribution is -0.123. The Balaban J connectivity index is 1.50. The van der Waals surface area contributed by atoms with Crippen LogP contribution in [-0.2, 0) is 25.6 Å². The highest BCUT2D eigenvalue weighted by Crippen LogP contribution is 2.57. The number of aryl methyl sites for hydroxylation is 1. The molecule has 0 saturated carbocycles. The summed E-state index contributed by atoms with van der Waals surface area (Å²) in [5, 5.41) is 11.0. The number of allylic oxidation sites excluding steroid dienone is 6. The van der Waals surface area contributed by atoms with Crippen LogP contribution in [0.5, 0.6) is 11.5 Å². The molecule has 2 amide bonds. The number of imide groups is 1. The van der Waals surface area contributed by atoms with Gasteiger partial charge in [-0.2, -0.15) is 0 Å². The summed E-state index contributed by atoms with van der Waals surface area (Å²) in [6.45, 7) is 2.04. The summed E-state index contributed by atoms with van der Waals surface area (Å²) < 4.78 is 5.73. The number of fused-ring (bicyclic) bond motifs is 3. The number of hydrogen-bond acceptors (Lipinski definition) is 6. The highest BCUT2D eigenvalue weighted by Gasteiger charge is 2.57. The van der Waals surface area contributed by atoms with Crippen LogP contribution < -0.4 is 9.64 Å². The van der Waals surface area contributed by atoms with Gasteiger partial charge in [0, 0.05) is 28.7 Å². The molecule has 39 heavy (non-hydrogen) atoms. The third kappa shape index (κ3) is 3.76. The van der Waals surface area contributed by atoms with Crippen molar-refractivity contribution in [2.24, 2.45) is 17.8 Å². The van der Waals surface area contributed by atoms with Crippen molar-refractivity contribution in [2.75, 3.05) is 12.0 Å². The molecule has 1 N–H and O–H groups in total. The van der Waals surface area contributed by atoms with Crippen molar-refractivity contribution < 1.29 is 29.0 Å². The molecule has 7 nitrogen and oxygen atoms in total. The van der Waals surface area contributed by atoms with Gasteiger partial charge in [0.05, 0.1) is 29.1 Å². The highest BCUT2D eigenvalue weighted by atomic mass is 79.9. The van der Waals surface area contributed by atoms with Crippen LogP contribution >= 0.6 is 15.9 Å². The second-order valence-corrected chi connectivity index (χ2v) is 11.2. The van der Waals surface area contributed by atoms with Gasteiger partial charge in [-0.1, -0.05) is 36.8 Å². The van der Waals surface area contributed by atoms with E-state index in [0.717, 1.165) is 17.6 Å². The van der Waals surface area contributed by atoms with Gasteiger partial charge in [0.1, 0.15) is 11.5 Å². The first kappa shape index (κ1) is 25.5. The Morgan fingerprint density at radius 2 is 1.77 bits per heavy atom. The molecule has 0 bridgehead atoms. The van der Waals surface area contributed by atoms with E-state index in [4.69, 9.17) is 4.74 Å². The lowest BCUT2D eigenvalue weighted by Gasteiger charge is -2.42. The van der Waals surface area contributed by atoms with Crippen LogP contribution in [0.2, 0.25) is 0 Å². The molecule has 3 aliphatic carbocycles. The number of hydrogen-bond donors (Lipinski definition) is 1. The number of nitrogens with zero attached hydrogens (tertiary/aromatic N) is 1. The van der Waals surface area contributed by atoms with Crippen molar-refractivity contribution in [3.8, 4) is 11.5 Å². The number of carbonyl (C=O) groups excluding carboxylic acids is 4. The van der Waals surface area contributed by atoms with E-state index in [-0.39, 0.29) is 45.6 Å². The van der Waals surface area contributed by atoms with Crippen LogP contribution in [0.25, 0.3) is 0 Å². The van der Waals surface area contributed by atoms with E-state index in [1.807, 2.05) is 25.1 Å². The summed E-state index contributed by atoms with van der Waals surface area (Å²) in [5.41, 5.74) is 3.35. The van der Waals surface area contributed by atoms with Gasteiger partial charge >= 0.3 is 0 Å². The van der Waals surface area contributed by atoms with Crippen LogP contribution in [0.1, 0.15) is 36.8 Å². The molecular weight excluding hydrogens is 562 g/mol. The number of ketones is 2. The minimum absolute atomic E-state index is 0.0739. The fourth-order valence-electron chi connectivity index (χ4n) is 6.67. The zero-order valence-corrected chi connectivity index (χ0v) is 23.0. The number of anilines is 1. The lowest BCUT2D eigenvalue weighted by atomic mass is 9.59. The summed E-state index contributed by atoms with van der Waals surface area (Å²) in [7, 11) is 1.48. The fourth-order valence-corrected chi connectivity index (χ4v) is 7.12. The van der Waals surface area contributed by atoms with Gasteiger partial charge in [0.15, 0.2) is 11.6 Å². The van der Waals surface area contributed by atoms with Crippen LogP contribution in [0.15, 0.2) is 75.8 Å². The number of halogens is 1. The van der Waals surface area contributed by atoms with Gasteiger partial charge < -0.3 is 9.84 Å². The summed E-state index contributed by atoms with van der Waals surface area (Å²) in [5.74, 6) is -3.47. The van der Waals surface area contributed by atoms with Gasteiger partial charge in [0.25, 0.3) is 0 Å². The van der Waals surface area contributed by atoms with E-state index in [1.54, 1.807) is 24.3 Å². The molecule has 6 rings (SSSR count). The predicted octanol–water partition coefficient (Wildman–Crippen LogP) is 4.93. The molecule has 2 aromatic carbocycles. The molecule has 4 atom stereocenters. The number of amides is 2. The molecular formula is C31H26BrNO6. The van der Waals surface area contributed by atoms with Gasteiger partial charge in [-0.05, 0) is 70.9 Å². The zero-order valence-electron chi connectivity index (χ0n) is 21.4. The van der Waals surface area contributed by atoms with Crippen molar-refractivity contribution in [2.45, 2.75) is 32.1 Å². The van der Waals surface area contributed by atoms with Crippen molar-refractivity contribution in [3.05, 3.63) is 86.9 Å². The molecule has 0 radical (unpaired) electrons. The molecule has 0 aromatic heterocycles. The first-order chi connectivity index (χ1) is 18.8. The first-order valence-corrected chi connectivity index (χ1v) is 13.8. The Morgan fingerprint density at radius 1 is 1.03 bits per heavy atom. The van der Waals surface area contributed by atoms with E-state index in [9.17, 15) is 24.3 Å². The molecule has 8 heteroatoms. The maximum absolute atomic E-state index is 14.0. The molecule has 4 aliphatic rings. The number of methoxy groups -OCH3 is 1. The van der Waals surface area contributed by atoms with Gasteiger partial charge in [-0.3, -0.25) is 24.1 Å². The Bertz CT molecular complexity index is 1550. The second-order valence-electron chi connectivity index (χ2n) is 10.3. The molecule has 198 valence electrons. The van der Waals surface area contributed by atoms with Gasteiger partial charge in [-0.15, -0.1) is 0 Å². The fraction of sp³-hybridized carbons (Fsp3) is 0.290. The Kier molecular flexibility index (Phi) is 6.18. The number of phenols is 1. The van der Waals surface area contributed by atoms with Crippen LogP contribution in [-0.4, -0.2) is 35.6 Å². The van der Waals surface area contributed by atoms with E-state index in [1.165, 1.54) is 24.2 Å². The zero-order chi connectivity index (χ0) is 27.6. The van der Waals surface area contributed by atoms with E-state index in [0.29, 0.717) is 29.0 Å². The highest BCUT2D eigenvalue weighted by molar-refractivity contribution is 9.12. The van der Waals surface area contributed by atoms with Crippen molar-refractivity contribution in [1.29, 1.82) is 0 Å². The summed E-state index contributed by atoms with van der Waals surface area (Å²) in [6, 6.07) is 12.3. The Hall–Kier alpha value is -3.78. The SMILES string of the molecule is CCc1ccc(N2C(=O)[C@H]3[C@H](CC=C4[C@H](c5c(O)cccc5OC)C5=C(C[C@H]43)C(=O)C(Br)=CC5=O)C2=O)cc1. The third-order valence-corrected chi connectivity index (χ3v) is 9.07. The minimum atomic E-state index is -0.787. The van der Waals surface area contributed by atoms with E-state index >= 15 is 0 Å². The molecule has 0 unspecified atom stereocenters. The molecule has 1 fully saturated rings. The summed E-state index contributed by atoms with van der Waals surface area (Å²) in [6.07, 6.45) is 4.50. The van der Waals surface area contributed by atoms with Gasteiger partial charge in [-0.25, -0.2) is 0 Å². The van der Waals surface area contributed by atoms with Crippen molar-refractivity contribution >= 4 is 45.0 Å². The van der Waals surface area contributed by atoms with Crippen LogP contribution in [0, 0.1) is 17.8 Å². The largest absolute Gasteiger partial charge is 0.507 e. The monoisotopic (exact) mass is 587 g/mol. The first-order valence-electron chi connectivity index (χ1n) is 13.0. The lowest BCUT2D eigenvalue weighted by Crippen LogP contribution is -2.39. The number of benzene rings is 2. The maximum Gasteiger partial charge on any atom is 0.238 e. The smallest absolute Gasteiger partial charge is 0.238 e. The topological polar surface area (TPSA) is 101 Å². The van der Waals surface area contributed by atoms with Crippen LogP contribution in [0.3, 0.4) is 0 Å². The number of phenolic OH excluding ortho intramolecular Hbond substituents is 1. The number of ether oxygens (including phenoxy) is 1. The van der Waals surface area contributed by atoms with E-state index < -0.39 is 23.7 Å². The maximum atomic E-state index is 14.0. The number of Topliss-reactive ketones (excluding diaryl/α,β-unsaturated/α-hetero) is 1. The molecule has 1 aliphatic heterocycles. The standard InChI is InChI=1S/C31H26BrNO6/c1-3-15-7-9-16(10-8-15)33-30(37)18-12-11-17-19(25(18)31(33)38)13-20-26(23(35)14-21(32)29(20)36)27(17)28-22(34)5-4-6-24(28)39-2/h4-11,14,18-19,25,27,34H,3,12-13H2,1-2H3/t18-,19+,25-,27-/m0/s1. The summed E-state index contributed by atoms with van der Waals surface area (Å²) in [4.78, 5) is 55.6. The molecule has 0 spiro atoms. The van der Waals surface area contributed by atoms with E-state index in [2.05, 4.69) is 15.9 Å². The second kappa shape index (κ2) is 9.45. The predicted molar refractivity (Wildman–Crippen MR) is 148 cm³/mol. The van der Waals surface area contributed by atoms with Gasteiger partial charge in [0.2, 0.25) is 11.8 Å². The van der Waals surface area contributed by atoms with Crippen molar-refractivity contribution in [1.82, 2.24) is 0 Å². The summed E-state index contributed by atoms with van der Waals surface area (Å²) >= 11 is 3.23. The number of rotatable bonds is 4. The van der Waals surface area contributed by atoms with Crippen molar-refractivity contribution in [3.63, 3.8) is 0 Å². The molecule has 1 saturated heterocycles. The molecule has 2 aromatic rings. The number of carbonyl (C=O) groups is 4. The Morgan fingerprint density at radius 3 is 2.46 bits per heavy atom. The quantitative estimate of drug-likeness (QED) is 0.309. The Labute approximate surface area is 234 Å². The third-order valence-electron chi connectivity index (χ3n) is 8.49. The number of aromatic hydroxyl groups is 1.